The number of thioether (sulfide) groups is 1. The average molecular weight is 477 g/mol. The number of nitrogens with zero attached hydrogens (tertiary/aromatic N) is 4. The summed E-state index contributed by atoms with van der Waals surface area (Å²) in [6.45, 7) is 5.29. The maximum absolute atomic E-state index is 13.1. The van der Waals surface area contributed by atoms with Crippen molar-refractivity contribution in [3.05, 3.63) is 71.0 Å². The third kappa shape index (κ3) is 5.18. The number of ether oxygens (including phenoxy) is 1. The molecule has 9 nitrogen and oxygen atoms in total. The number of benzene rings is 2. The molecule has 0 aliphatic rings. The highest BCUT2D eigenvalue weighted by molar-refractivity contribution is 7.98. The second-order valence-electron chi connectivity index (χ2n) is 7.64. The Balaban J connectivity index is 1.51. The minimum absolute atomic E-state index is 0.231. The van der Waals surface area contributed by atoms with E-state index in [4.69, 9.17) is 4.74 Å². The van der Waals surface area contributed by atoms with Crippen LogP contribution in [0.15, 0.2) is 53.7 Å². The Morgan fingerprint density at radius 1 is 1.06 bits per heavy atom. The van der Waals surface area contributed by atoms with Gasteiger partial charge in [0.1, 0.15) is 5.75 Å². The minimum atomic E-state index is -0.258. The van der Waals surface area contributed by atoms with Gasteiger partial charge in [0.05, 0.1) is 12.8 Å². The fourth-order valence-electron chi connectivity index (χ4n) is 3.49. The van der Waals surface area contributed by atoms with Crippen molar-refractivity contribution in [2.45, 2.75) is 31.7 Å². The van der Waals surface area contributed by atoms with Crippen molar-refractivity contribution in [1.29, 1.82) is 0 Å². The molecule has 0 aliphatic carbocycles. The number of aromatic nitrogens is 4. The van der Waals surface area contributed by atoms with Crippen molar-refractivity contribution in [3.63, 3.8) is 0 Å². The Morgan fingerprint density at radius 3 is 2.62 bits per heavy atom. The van der Waals surface area contributed by atoms with E-state index in [0.717, 1.165) is 17.0 Å². The van der Waals surface area contributed by atoms with Crippen molar-refractivity contribution in [1.82, 2.24) is 19.6 Å². The molecule has 2 amide bonds. The summed E-state index contributed by atoms with van der Waals surface area (Å²) in [5.41, 5.74) is 4.25. The number of amides is 2. The SMILES string of the molecule is COc1ccc(NC(=O)c2ccccc2CSc2nc3nc(C)cc(C)n3n2)cc1NC(C)=O. The molecule has 0 atom stereocenters. The molecular formula is C24H24N6O3S. The zero-order valence-electron chi connectivity index (χ0n) is 19.2. The van der Waals surface area contributed by atoms with Gasteiger partial charge in [-0.25, -0.2) is 9.50 Å². The number of aryl methyl sites for hydroxylation is 2. The molecule has 4 aromatic rings. The van der Waals surface area contributed by atoms with Crippen molar-refractivity contribution >= 4 is 40.7 Å². The third-order valence-corrected chi connectivity index (χ3v) is 5.87. The van der Waals surface area contributed by atoms with Crippen LogP contribution in [0.25, 0.3) is 5.78 Å². The van der Waals surface area contributed by atoms with E-state index in [-0.39, 0.29) is 11.8 Å². The van der Waals surface area contributed by atoms with Gasteiger partial charge in [0, 0.05) is 35.3 Å². The van der Waals surface area contributed by atoms with Crippen LogP contribution in [-0.4, -0.2) is 38.5 Å². The first-order valence-electron chi connectivity index (χ1n) is 10.5. The zero-order chi connectivity index (χ0) is 24.2. The summed E-state index contributed by atoms with van der Waals surface area (Å²) in [6, 6.07) is 14.4. The molecule has 2 aromatic carbocycles. The van der Waals surface area contributed by atoms with Crippen LogP contribution in [-0.2, 0) is 10.5 Å². The topological polar surface area (TPSA) is 111 Å². The summed E-state index contributed by atoms with van der Waals surface area (Å²) in [5.74, 6) is 1.08. The van der Waals surface area contributed by atoms with E-state index in [2.05, 4.69) is 25.7 Å². The summed E-state index contributed by atoms with van der Waals surface area (Å²) in [5, 5.41) is 10.7. The van der Waals surface area contributed by atoms with E-state index in [1.165, 1.54) is 25.8 Å². The molecule has 0 radical (unpaired) electrons. The van der Waals surface area contributed by atoms with E-state index in [9.17, 15) is 9.59 Å². The summed E-state index contributed by atoms with van der Waals surface area (Å²) in [4.78, 5) is 33.5. The Bertz CT molecular complexity index is 1380. The quantitative estimate of drug-likeness (QED) is 0.384. The van der Waals surface area contributed by atoms with Crippen LogP contribution in [0.3, 0.4) is 0 Å². The molecule has 34 heavy (non-hydrogen) atoms. The molecule has 0 fully saturated rings. The Labute approximate surface area is 201 Å². The number of hydrogen-bond donors (Lipinski definition) is 2. The van der Waals surface area contributed by atoms with E-state index in [0.29, 0.717) is 39.4 Å². The largest absolute Gasteiger partial charge is 0.495 e. The number of hydrogen-bond acceptors (Lipinski definition) is 7. The van der Waals surface area contributed by atoms with Crippen LogP contribution in [0.4, 0.5) is 11.4 Å². The Morgan fingerprint density at radius 2 is 1.85 bits per heavy atom. The minimum Gasteiger partial charge on any atom is -0.495 e. The number of nitrogens with one attached hydrogen (secondary N) is 2. The Kier molecular flexibility index (Phi) is 6.78. The molecule has 0 unspecified atom stereocenters. The number of rotatable bonds is 7. The van der Waals surface area contributed by atoms with Crippen LogP contribution < -0.4 is 15.4 Å². The van der Waals surface area contributed by atoms with Gasteiger partial charge in [-0.3, -0.25) is 9.59 Å². The molecule has 2 aromatic heterocycles. The fourth-order valence-corrected chi connectivity index (χ4v) is 4.31. The van der Waals surface area contributed by atoms with Gasteiger partial charge in [-0.1, -0.05) is 30.0 Å². The number of carbonyl (C=O) groups excluding carboxylic acids is 2. The Hall–Kier alpha value is -3.92. The molecule has 0 bridgehead atoms. The maximum Gasteiger partial charge on any atom is 0.255 e. The first kappa shape index (κ1) is 23.2. The van der Waals surface area contributed by atoms with Gasteiger partial charge in [0.2, 0.25) is 11.1 Å². The van der Waals surface area contributed by atoms with Crippen LogP contribution in [0.5, 0.6) is 5.75 Å². The maximum atomic E-state index is 13.1. The fraction of sp³-hybridized carbons (Fsp3) is 0.208. The van der Waals surface area contributed by atoms with Gasteiger partial charge < -0.3 is 15.4 Å². The number of methoxy groups -OCH3 is 1. The molecule has 0 saturated heterocycles. The molecule has 10 heteroatoms. The highest BCUT2D eigenvalue weighted by Gasteiger charge is 2.15. The molecule has 0 spiro atoms. The van der Waals surface area contributed by atoms with Crippen LogP contribution >= 0.6 is 11.8 Å². The lowest BCUT2D eigenvalue weighted by Gasteiger charge is -2.13. The van der Waals surface area contributed by atoms with Crippen LogP contribution in [0.2, 0.25) is 0 Å². The van der Waals surface area contributed by atoms with Crippen molar-refractivity contribution in [3.8, 4) is 5.75 Å². The molecular weight excluding hydrogens is 452 g/mol. The summed E-state index contributed by atoms with van der Waals surface area (Å²) < 4.78 is 6.98. The average Bonchev–Trinajstić information content (AvgIpc) is 3.21. The first-order chi connectivity index (χ1) is 16.3. The monoisotopic (exact) mass is 476 g/mol. The van der Waals surface area contributed by atoms with Gasteiger partial charge >= 0.3 is 0 Å². The van der Waals surface area contributed by atoms with E-state index >= 15 is 0 Å². The van der Waals surface area contributed by atoms with Crippen LogP contribution in [0, 0.1) is 13.8 Å². The van der Waals surface area contributed by atoms with Crippen LogP contribution in [0.1, 0.15) is 34.2 Å². The standard InChI is InChI=1S/C24H24N6O3S/c1-14-11-15(2)30-23(25-14)28-24(29-30)34-13-17-7-5-6-8-19(17)22(32)27-18-9-10-21(33-4)20(12-18)26-16(3)31/h5-12H,13H2,1-4H3,(H,26,31)(H,27,32). The summed E-state index contributed by atoms with van der Waals surface area (Å²) in [7, 11) is 1.52. The molecule has 2 heterocycles. The van der Waals surface area contributed by atoms with Crippen molar-refractivity contribution in [2.75, 3.05) is 17.7 Å². The normalized spacial score (nSPS) is 10.8. The number of fused-ring (bicyclic) bond motifs is 1. The van der Waals surface area contributed by atoms with Gasteiger partial charge in [0.25, 0.3) is 11.7 Å². The van der Waals surface area contributed by atoms with Gasteiger partial charge in [0.15, 0.2) is 0 Å². The lowest BCUT2D eigenvalue weighted by Crippen LogP contribution is -2.14. The number of carbonyl (C=O) groups is 2. The lowest BCUT2D eigenvalue weighted by molar-refractivity contribution is -0.114. The molecule has 2 N–H and O–H groups in total. The number of anilines is 2. The molecule has 4 rings (SSSR count). The molecule has 0 saturated carbocycles. The van der Waals surface area contributed by atoms with E-state index in [1.807, 2.05) is 38.1 Å². The highest BCUT2D eigenvalue weighted by Crippen LogP contribution is 2.29. The third-order valence-electron chi connectivity index (χ3n) is 4.99. The smallest absolute Gasteiger partial charge is 0.255 e. The summed E-state index contributed by atoms with van der Waals surface area (Å²) >= 11 is 1.44. The zero-order valence-corrected chi connectivity index (χ0v) is 20.1. The molecule has 0 aliphatic heterocycles. The van der Waals surface area contributed by atoms with Crippen molar-refractivity contribution in [2.24, 2.45) is 0 Å². The second kappa shape index (κ2) is 9.92. The lowest BCUT2D eigenvalue weighted by atomic mass is 10.1. The van der Waals surface area contributed by atoms with E-state index < -0.39 is 0 Å². The highest BCUT2D eigenvalue weighted by atomic mass is 32.2. The van der Waals surface area contributed by atoms with E-state index in [1.54, 1.807) is 28.8 Å². The second-order valence-corrected chi connectivity index (χ2v) is 8.58. The van der Waals surface area contributed by atoms with Gasteiger partial charge in [-0.2, -0.15) is 4.98 Å². The van der Waals surface area contributed by atoms with Gasteiger partial charge in [-0.15, -0.1) is 5.10 Å². The predicted molar refractivity (Wildman–Crippen MR) is 132 cm³/mol. The first-order valence-corrected chi connectivity index (χ1v) is 11.5. The van der Waals surface area contributed by atoms with Crippen molar-refractivity contribution < 1.29 is 14.3 Å². The van der Waals surface area contributed by atoms with Gasteiger partial charge in [-0.05, 0) is 49.7 Å². The predicted octanol–water partition coefficient (Wildman–Crippen LogP) is 4.25. The summed E-state index contributed by atoms with van der Waals surface area (Å²) in [6.07, 6.45) is 0. The molecule has 174 valence electrons.